The number of aliphatic hydroxyl groups excluding tert-OH is 1. The summed E-state index contributed by atoms with van der Waals surface area (Å²) in [6, 6.07) is 6.48. The van der Waals surface area contributed by atoms with Crippen molar-refractivity contribution >= 4 is 0 Å². The summed E-state index contributed by atoms with van der Waals surface area (Å²) in [5, 5.41) is 13.3. The Morgan fingerprint density at radius 3 is 2.58 bits per heavy atom. The molecule has 2 rings (SSSR count). The highest BCUT2D eigenvalue weighted by Crippen LogP contribution is 2.35. The molecule has 0 unspecified atom stereocenters. The van der Waals surface area contributed by atoms with Gasteiger partial charge < -0.3 is 10.4 Å². The standard InChI is InChI=1S/C17H27NO/c1-14-7-6-8-16(15(14)2)11-18-12-17(13-19)9-4-3-5-10-17/h6-8,18-19H,3-5,9-13H2,1-2H3. The first-order valence-corrected chi connectivity index (χ1v) is 7.54. The molecule has 0 atom stereocenters. The number of hydrogen-bond acceptors (Lipinski definition) is 2. The molecule has 2 heteroatoms. The van der Waals surface area contributed by atoms with Crippen LogP contribution in [0.25, 0.3) is 0 Å². The Balaban J connectivity index is 1.90. The van der Waals surface area contributed by atoms with Crippen molar-refractivity contribution in [1.29, 1.82) is 0 Å². The average molecular weight is 261 g/mol. The first-order chi connectivity index (χ1) is 9.17. The van der Waals surface area contributed by atoms with Gasteiger partial charge in [-0.1, -0.05) is 37.5 Å². The maximum Gasteiger partial charge on any atom is 0.0499 e. The second-order valence-corrected chi connectivity index (χ2v) is 6.18. The summed E-state index contributed by atoms with van der Waals surface area (Å²) in [6.07, 6.45) is 6.21. The van der Waals surface area contributed by atoms with Crippen LogP contribution in [0.2, 0.25) is 0 Å². The van der Waals surface area contributed by atoms with Crippen molar-refractivity contribution in [3.05, 3.63) is 34.9 Å². The lowest BCUT2D eigenvalue weighted by atomic mass is 9.74. The van der Waals surface area contributed by atoms with E-state index in [9.17, 15) is 5.11 Å². The van der Waals surface area contributed by atoms with Crippen molar-refractivity contribution in [3.63, 3.8) is 0 Å². The van der Waals surface area contributed by atoms with Gasteiger partial charge in [-0.2, -0.15) is 0 Å². The van der Waals surface area contributed by atoms with Gasteiger partial charge in [-0.15, -0.1) is 0 Å². The van der Waals surface area contributed by atoms with Gasteiger partial charge in [0.1, 0.15) is 0 Å². The first kappa shape index (κ1) is 14.5. The molecule has 0 aliphatic heterocycles. The second-order valence-electron chi connectivity index (χ2n) is 6.18. The summed E-state index contributed by atoms with van der Waals surface area (Å²) >= 11 is 0. The first-order valence-electron chi connectivity index (χ1n) is 7.54. The molecule has 1 aromatic rings. The van der Waals surface area contributed by atoms with E-state index in [4.69, 9.17) is 0 Å². The Morgan fingerprint density at radius 2 is 1.89 bits per heavy atom. The molecule has 1 aliphatic rings. The van der Waals surface area contributed by atoms with Crippen molar-refractivity contribution in [2.45, 2.75) is 52.5 Å². The highest BCUT2D eigenvalue weighted by atomic mass is 16.3. The van der Waals surface area contributed by atoms with Crippen LogP contribution in [0.15, 0.2) is 18.2 Å². The molecule has 0 radical (unpaired) electrons. The highest BCUT2D eigenvalue weighted by Gasteiger charge is 2.30. The van der Waals surface area contributed by atoms with Crippen molar-refractivity contribution in [2.75, 3.05) is 13.2 Å². The predicted molar refractivity (Wildman–Crippen MR) is 80.2 cm³/mol. The lowest BCUT2D eigenvalue weighted by Crippen LogP contribution is -2.38. The molecule has 0 bridgehead atoms. The number of rotatable bonds is 5. The van der Waals surface area contributed by atoms with Gasteiger partial charge >= 0.3 is 0 Å². The minimum Gasteiger partial charge on any atom is -0.396 e. The lowest BCUT2D eigenvalue weighted by Gasteiger charge is -2.36. The van der Waals surface area contributed by atoms with E-state index >= 15 is 0 Å². The van der Waals surface area contributed by atoms with Crippen LogP contribution in [-0.2, 0) is 6.54 Å². The van der Waals surface area contributed by atoms with E-state index < -0.39 is 0 Å². The van der Waals surface area contributed by atoms with Crippen LogP contribution in [0.4, 0.5) is 0 Å². The molecule has 2 nitrogen and oxygen atoms in total. The van der Waals surface area contributed by atoms with E-state index in [1.165, 1.54) is 48.8 Å². The van der Waals surface area contributed by atoms with E-state index in [2.05, 4.69) is 37.4 Å². The lowest BCUT2D eigenvalue weighted by molar-refractivity contribution is 0.0810. The van der Waals surface area contributed by atoms with Crippen LogP contribution < -0.4 is 5.32 Å². The zero-order valence-electron chi connectivity index (χ0n) is 12.3. The van der Waals surface area contributed by atoms with Crippen LogP contribution >= 0.6 is 0 Å². The topological polar surface area (TPSA) is 32.3 Å². The Hall–Kier alpha value is -0.860. The SMILES string of the molecule is Cc1cccc(CNCC2(CO)CCCCC2)c1C. The predicted octanol–water partition coefficient (Wildman–Crippen LogP) is 3.34. The van der Waals surface area contributed by atoms with Crippen molar-refractivity contribution < 1.29 is 5.11 Å². The van der Waals surface area contributed by atoms with Crippen molar-refractivity contribution in [1.82, 2.24) is 5.32 Å². The van der Waals surface area contributed by atoms with Crippen LogP contribution in [0.1, 0.15) is 48.8 Å². The Labute approximate surface area is 117 Å². The Kier molecular flexibility index (Phi) is 5.00. The molecule has 0 saturated heterocycles. The molecule has 2 N–H and O–H groups in total. The summed E-state index contributed by atoms with van der Waals surface area (Å²) in [4.78, 5) is 0. The summed E-state index contributed by atoms with van der Waals surface area (Å²) in [6.45, 7) is 6.53. The summed E-state index contributed by atoms with van der Waals surface area (Å²) in [5.41, 5.74) is 4.25. The zero-order chi connectivity index (χ0) is 13.7. The minimum atomic E-state index is 0.135. The molecule has 0 spiro atoms. The van der Waals surface area contributed by atoms with Gasteiger partial charge in [-0.3, -0.25) is 0 Å². The van der Waals surface area contributed by atoms with Gasteiger partial charge in [0.25, 0.3) is 0 Å². The van der Waals surface area contributed by atoms with Gasteiger partial charge in [0.2, 0.25) is 0 Å². The average Bonchev–Trinajstić information content (AvgIpc) is 2.44. The monoisotopic (exact) mass is 261 g/mol. The number of nitrogens with one attached hydrogen (secondary N) is 1. The van der Waals surface area contributed by atoms with Gasteiger partial charge in [0.15, 0.2) is 0 Å². The molecular formula is C17H27NO. The van der Waals surface area contributed by atoms with Crippen LogP contribution in [0.3, 0.4) is 0 Å². The normalized spacial score (nSPS) is 18.5. The maximum absolute atomic E-state index is 9.70. The van der Waals surface area contributed by atoms with Gasteiger partial charge in [-0.25, -0.2) is 0 Å². The van der Waals surface area contributed by atoms with E-state index in [0.717, 1.165) is 13.1 Å². The van der Waals surface area contributed by atoms with Crippen molar-refractivity contribution in [3.8, 4) is 0 Å². The van der Waals surface area contributed by atoms with E-state index in [-0.39, 0.29) is 5.41 Å². The largest absolute Gasteiger partial charge is 0.396 e. The third kappa shape index (κ3) is 3.58. The third-order valence-corrected chi connectivity index (χ3v) is 4.78. The third-order valence-electron chi connectivity index (χ3n) is 4.78. The minimum absolute atomic E-state index is 0.135. The Bertz CT molecular complexity index is 408. The molecule has 0 aromatic heterocycles. The molecular weight excluding hydrogens is 234 g/mol. The van der Waals surface area contributed by atoms with E-state index in [0.29, 0.717) is 6.61 Å². The second kappa shape index (κ2) is 6.53. The van der Waals surface area contributed by atoms with E-state index in [1.807, 2.05) is 0 Å². The molecule has 1 aliphatic carbocycles. The number of aliphatic hydroxyl groups is 1. The van der Waals surface area contributed by atoms with Crippen LogP contribution in [-0.4, -0.2) is 18.3 Å². The number of aryl methyl sites for hydroxylation is 1. The van der Waals surface area contributed by atoms with Gasteiger partial charge in [0, 0.05) is 25.1 Å². The molecule has 0 amide bonds. The summed E-state index contributed by atoms with van der Waals surface area (Å²) in [7, 11) is 0. The maximum atomic E-state index is 9.70. The van der Waals surface area contributed by atoms with Gasteiger partial charge in [-0.05, 0) is 43.4 Å². The summed E-state index contributed by atoms with van der Waals surface area (Å²) in [5.74, 6) is 0. The van der Waals surface area contributed by atoms with E-state index in [1.54, 1.807) is 0 Å². The Morgan fingerprint density at radius 1 is 1.16 bits per heavy atom. The zero-order valence-corrected chi connectivity index (χ0v) is 12.3. The fourth-order valence-electron chi connectivity index (χ4n) is 3.16. The van der Waals surface area contributed by atoms with Crippen LogP contribution in [0, 0.1) is 19.3 Å². The fraction of sp³-hybridized carbons (Fsp3) is 0.647. The van der Waals surface area contributed by atoms with Gasteiger partial charge in [0.05, 0.1) is 0 Å². The summed E-state index contributed by atoms with van der Waals surface area (Å²) < 4.78 is 0. The molecule has 1 saturated carbocycles. The highest BCUT2D eigenvalue weighted by molar-refractivity contribution is 5.32. The molecule has 1 fully saturated rings. The fourth-order valence-corrected chi connectivity index (χ4v) is 3.16. The molecule has 19 heavy (non-hydrogen) atoms. The number of hydrogen-bond donors (Lipinski definition) is 2. The molecule has 106 valence electrons. The number of benzene rings is 1. The molecule has 0 heterocycles. The van der Waals surface area contributed by atoms with Crippen molar-refractivity contribution in [2.24, 2.45) is 5.41 Å². The van der Waals surface area contributed by atoms with Crippen LogP contribution in [0.5, 0.6) is 0 Å². The quantitative estimate of drug-likeness (QED) is 0.852. The molecule has 1 aromatic carbocycles. The smallest absolute Gasteiger partial charge is 0.0499 e.